The monoisotopic (exact) mass is 303 g/mol. The van der Waals surface area contributed by atoms with E-state index in [2.05, 4.69) is 10.6 Å². The van der Waals surface area contributed by atoms with E-state index in [9.17, 15) is 14.4 Å². The molecule has 0 bridgehead atoms. The molecule has 0 aliphatic carbocycles. The minimum atomic E-state index is -0.610. The van der Waals surface area contributed by atoms with Gasteiger partial charge in [-0.05, 0) is 29.7 Å². The van der Waals surface area contributed by atoms with Crippen LogP contribution in [0.1, 0.15) is 24.0 Å². The van der Waals surface area contributed by atoms with Crippen LogP contribution in [0.15, 0.2) is 18.2 Å². The maximum absolute atomic E-state index is 12.3. The zero-order valence-electron chi connectivity index (χ0n) is 12.2. The van der Waals surface area contributed by atoms with E-state index in [4.69, 9.17) is 4.74 Å². The molecule has 1 aromatic carbocycles. The molecule has 0 aromatic heterocycles. The average Bonchev–Trinajstić information content (AvgIpc) is 3.06. The third-order valence-corrected chi connectivity index (χ3v) is 3.99. The van der Waals surface area contributed by atoms with Gasteiger partial charge >= 0.3 is 6.03 Å². The highest BCUT2D eigenvalue weighted by Crippen LogP contribution is 2.27. The second kappa shape index (κ2) is 5.67. The van der Waals surface area contributed by atoms with E-state index in [1.54, 1.807) is 12.0 Å². The van der Waals surface area contributed by atoms with Gasteiger partial charge in [-0.2, -0.15) is 0 Å². The maximum atomic E-state index is 12.3. The molecule has 116 valence electrons. The summed E-state index contributed by atoms with van der Waals surface area (Å²) in [4.78, 5) is 36.5. The molecule has 1 unspecified atom stereocenters. The summed E-state index contributed by atoms with van der Waals surface area (Å²) in [6, 6.07) is 4.68. The number of fused-ring (bicyclic) bond motifs is 1. The summed E-state index contributed by atoms with van der Waals surface area (Å²) in [5, 5.41) is 4.65. The molecular formula is C15H17N3O4. The number of amides is 4. The van der Waals surface area contributed by atoms with Gasteiger partial charge in [0.15, 0.2) is 0 Å². The Kier molecular flexibility index (Phi) is 3.70. The highest BCUT2D eigenvalue weighted by atomic mass is 16.5. The number of hydrogen-bond donors (Lipinski definition) is 2. The normalized spacial score (nSPS) is 19.7. The van der Waals surface area contributed by atoms with Crippen molar-refractivity contribution in [1.82, 2.24) is 15.5 Å². The quantitative estimate of drug-likeness (QED) is 0.794. The molecule has 7 nitrogen and oxygen atoms in total. The van der Waals surface area contributed by atoms with Gasteiger partial charge in [0.05, 0.1) is 7.11 Å². The summed E-state index contributed by atoms with van der Waals surface area (Å²) in [6.45, 7) is 1.12. The van der Waals surface area contributed by atoms with Gasteiger partial charge in [-0.15, -0.1) is 0 Å². The summed E-state index contributed by atoms with van der Waals surface area (Å²) in [5.74, 6) is 0.384. The Bertz CT molecular complexity index is 644. The van der Waals surface area contributed by atoms with Crippen LogP contribution in [0.4, 0.5) is 4.79 Å². The third-order valence-electron chi connectivity index (χ3n) is 3.99. The highest BCUT2D eigenvalue weighted by Gasteiger charge is 2.31. The Morgan fingerprint density at radius 3 is 2.77 bits per heavy atom. The summed E-state index contributed by atoms with van der Waals surface area (Å²) >= 11 is 0. The molecule has 0 spiro atoms. The van der Waals surface area contributed by atoms with Crippen LogP contribution < -0.4 is 15.4 Å². The highest BCUT2D eigenvalue weighted by molar-refractivity contribution is 6.04. The zero-order valence-corrected chi connectivity index (χ0v) is 12.2. The molecule has 1 aromatic rings. The number of ether oxygens (including phenoxy) is 1. The van der Waals surface area contributed by atoms with E-state index in [1.165, 1.54) is 0 Å². The fourth-order valence-corrected chi connectivity index (χ4v) is 2.76. The summed E-state index contributed by atoms with van der Waals surface area (Å²) in [7, 11) is 1.61. The van der Waals surface area contributed by atoms with Crippen molar-refractivity contribution in [2.75, 3.05) is 7.11 Å². The Hall–Kier alpha value is -2.57. The molecular weight excluding hydrogens is 286 g/mol. The molecule has 2 aliphatic heterocycles. The fourth-order valence-electron chi connectivity index (χ4n) is 2.76. The molecule has 0 radical (unpaired) electrons. The van der Waals surface area contributed by atoms with Gasteiger partial charge in [-0.3, -0.25) is 14.9 Å². The molecule has 22 heavy (non-hydrogen) atoms. The van der Waals surface area contributed by atoms with Crippen molar-refractivity contribution < 1.29 is 19.1 Å². The van der Waals surface area contributed by atoms with Crippen molar-refractivity contribution in [1.29, 1.82) is 0 Å². The standard InChI is InChI=1S/C15H17N3O4/c1-22-11-3-2-9-7-18(8-10(9)6-11)13(19)5-4-12-14(20)17-15(21)16-12/h2-3,6,12H,4-5,7-8H2,1H3,(H2,16,17,20,21). The first-order valence-corrected chi connectivity index (χ1v) is 7.12. The minimum Gasteiger partial charge on any atom is -0.497 e. The van der Waals surface area contributed by atoms with E-state index >= 15 is 0 Å². The third kappa shape index (κ3) is 2.74. The second-order valence-electron chi connectivity index (χ2n) is 5.44. The smallest absolute Gasteiger partial charge is 0.322 e. The number of benzene rings is 1. The lowest BCUT2D eigenvalue weighted by Crippen LogP contribution is -2.32. The zero-order chi connectivity index (χ0) is 15.7. The summed E-state index contributed by atoms with van der Waals surface area (Å²) in [5.41, 5.74) is 2.20. The number of carbonyl (C=O) groups excluding carboxylic acids is 3. The Morgan fingerprint density at radius 1 is 1.32 bits per heavy atom. The second-order valence-corrected chi connectivity index (χ2v) is 5.44. The van der Waals surface area contributed by atoms with Crippen molar-refractivity contribution >= 4 is 17.8 Å². The molecule has 3 rings (SSSR count). The number of urea groups is 1. The predicted molar refractivity (Wildman–Crippen MR) is 76.9 cm³/mol. The molecule has 0 saturated carbocycles. The molecule has 4 amide bonds. The Morgan fingerprint density at radius 2 is 2.09 bits per heavy atom. The lowest BCUT2D eigenvalue weighted by Gasteiger charge is -2.16. The van der Waals surface area contributed by atoms with Crippen molar-refractivity contribution in [3.8, 4) is 5.75 Å². The van der Waals surface area contributed by atoms with Crippen LogP contribution in [0.5, 0.6) is 5.75 Å². The van der Waals surface area contributed by atoms with E-state index < -0.39 is 12.1 Å². The summed E-state index contributed by atoms with van der Waals surface area (Å²) in [6.07, 6.45) is 0.538. The molecule has 2 aliphatic rings. The minimum absolute atomic E-state index is 0.0240. The van der Waals surface area contributed by atoms with Crippen molar-refractivity contribution in [3.05, 3.63) is 29.3 Å². The van der Waals surface area contributed by atoms with Gasteiger partial charge < -0.3 is 15.0 Å². The van der Waals surface area contributed by atoms with Crippen LogP contribution in [0.2, 0.25) is 0 Å². The SMILES string of the molecule is COc1ccc2c(c1)CN(C(=O)CCC1NC(=O)NC1=O)C2. The number of hydrogen-bond acceptors (Lipinski definition) is 4. The molecule has 2 heterocycles. The number of rotatable bonds is 4. The van der Waals surface area contributed by atoms with Crippen LogP contribution in [0, 0.1) is 0 Å². The van der Waals surface area contributed by atoms with Gasteiger partial charge in [0, 0.05) is 19.5 Å². The van der Waals surface area contributed by atoms with Gasteiger partial charge in [-0.1, -0.05) is 6.07 Å². The van der Waals surface area contributed by atoms with Crippen LogP contribution in [-0.2, 0) is 22.7 Å². The van der Waals surface area contributed by atoms with Crippen LogP contribution in [0.25, 0.3) is 0 Å². The lowest BCUT2D eigenvalue weighted by atomic mass is 10.1. The van der Waals surface area contributed by atoms with E-state index in [-0.39, 0.29) is 18.2 Å². The number of nitrogens with one attached hydrogen (secondary N) is 2. The average molecular weight is 303 g/mol. The van der Waals surface area contributed by atoms with Crippen LogP contribution >= 0.6 is 0 Å². The van der Waals surface area contributed by atoms with Gasteiger partial charge in [0.1, 0.15) is 11.8 Å². The number of nitrogens with zero attached hydrogens (tertiary/aromatic N) is 1. The van der Waals surface area contributed by atoms with Crippen molar-refractivity contribution in [2.45, 2.75) is 32.0 Å². The molecule has 1 atom stereocenters. The first-order valence-electron chi connectivity index (χ1n) is 7.12. The fraction of sp³-hybridized carbons (Fsp3) is 0.400. The summed E-state index contributed by atoms with van der Waals surface area (Å²) < 4.78 is 5.18. The van der Waals surface area contributed by atoms with E-state index in [0.717, 1.165) is 16.9 Å². The van der Waals surface area contributed by atoms with Gasteiger partial charge in [0.2, 0.25) is 5.91 Å². The first-order chi connectivity index (χ1) is 10.6. The Balaban J connectivity index is 1.56. The predicted octanol–water partition coefficient (Wildman–Crippen LogP) is 0.526. The topological polar surface area (TPSA) is 87.7 Å². The van der Waals surface area contributed by atoms with Crippen LogP contribution in [0.3, 0.4) is 0 Å². The van der Waals surface area contributed by atoms with Crippen molar-refractivity contribution in [2.24, 2.45) is 0 Å². The molecule has 1 saturated heterocycles. The van der Waals surface area contributed by atoms with Gasteiger partial charge in [-0.25, -0.2) is 4.79 Å². The molecule has 2 N–H and O–H groups in total. The first kappa shape index (κ1) is 14.4. The van der Waals surface area contributed by atoms with Crippen molar-refractivity contribution in [3.63, 3.8) is 0 Å². The number of methoxy groups -OCH3 is 1. The molecule has 7 heteroatoms. The van der Waals surface area contributed by atoms with E-state index in [1.807, 2.05) is 18.2 Å². The maximum Gasteiger partial charge on any atom is 0.322 e. The number of carbonyl (C=O) groups is 3. The van der Waals surface area contributed by atoms with Crippen LogP contribution in [-0.4, -0.2) is 35.9 Å². The Labute approximate surface area is 127 Å². The largest absolute Gasteiger partial charge is 0.497 e. The number of imide groups is 1. The van der Waals surface area contributed by atoms with E-state index in [0.29, 0.717) is 19.5 Å². The van der Waals surface area contributed by atoms with Gasteiger partial charge in [0.25, 0.3) is 5.91 Å². The lowest BCUT2D eigenvalue weighted by molar-refractivity contribution is -0.132. The molecule has 1 fully saturated rings.